The molecule has 0 saturated heterocycles. The van der Waals surface area contributed by atoms with Crippen LogP contribution in [0.1, 0.15) is 91.2 Å². The Morgan fingerprint density at radius 2 is 1.21 bits per heavy atom. The molecular formula is C30H34N4O5. The van der Waals surface area contributed by atoms with Crippen molar-refractivity contribution in [3.05, 3.63) is 110 Å². The van der Waals surface area contributed by atoms with Gasteiger partial charge in [-0.25, -0.2) is 0 Å². The number of nitrogens with zero attached hydrogens (tertiary/aromatic N) is 3. The zero-order valence-electron chi connectivity index (χ0n) is 21.9. The minimum atomic E-state index is -0.393. The maximum absolute atomic E-state index is 13.2. The van der Waals surface area contributed by atoms with E-state index in [-0.39, 0.29) is 35.2 Å². The maximum Gasteiger partial charge on any atom is 0.270 e. The van der Waals surface area contributed by atoms with Gasteiger partial charge in [0.2, 0.25) is 0 Å². The summed E-state index contributed by atoms with van der Waals surface area (Å²) >= 11 is 0. The number of hydrogen-bond acceptors (Lipinski definition) is 6. The highest BCUT2D eigenvalue weighted by Crippen LogP contribution is 2.35. The number of hydrogen-bond donors (Lipinski definition) is 1. The number of rotatable bonds is 6. The molecule has 2 aromatic carbocycles. The molecule has 1 saturated carbocycles. The summed E-state index contributed by atoms with van der Waals surface area (Å²) in [5.41, 5.74) is 2.53. The van der Waals surface area contributed by atoms with E-state index in [9.17, 15) is 25.0 Å². The fraction of sp³-hybridized carbons (Fsp3) is 0.400. The van der Waals surface area contributed by atoms with E-state index in [4.69, 9.17) is 0 Å². The molecule has 0 aliphatic heterocycles. The number of benzene rings is 2. The molecule has 39 heavy (non-hydrogen) atoms. The van der Waals surface area contributed by atoms with Crippen LogP contribution in [0, 0.1) is 20.2 Å². The number of amides is 1. The van der Waals surface area contributed by atoms with Crippen LogP contribution < -0.4 is 5.32 Å². The number of aromatic nitrogens is 1. The van der Waals surface area contributed by atoms with Gasteiger partial charge in [0.15, 0.2) is 0 Å². The highest BCUT2D eigenvalue weighted by atomic mass is 16.6. The Morgan fingerprint density at radius 1 is 0.718 bits per heavy atom. The van der Waals surface area contributed by atoms with Crippen molar-refractivity contribution >= 4 is 17.3 Å². The molecule has 0 bridgehead atoms. The van der Waals surface area contributed by atoms with Gasteiger partial charge in [0, 0.05) is 36.5 Å². The summed E-state index contributed by atoms with van der Waals surface area (Å²) in [6.07, 6.45) is 10.3. The number of non-ortho nitro benzene ring substituents is 2. The zero-order chi connectivity index (χ0) is 27.6. The number of carbonyl (C=O) groups excluding carboxylic acids is 1. The SMILES string of the molecule is O=C(NC1CC(c2ccc([N+](=O)[O-])cc2)CCCCCCCC(c2ccc([N+](=O)[O-])cc2)C1)c1ccccn1. The predicted octanol–water partition coefficient (Wildman–Crippen LogP) is 7.09. The number of nitrogens with one attached hydrogen (secondary N) is 1. The summed E-state index contributed by atoms with van der Waals surface area (Å²) in [6.45, 7) is 0. The van der Waals surface area contributed by atoms with Crippen LogP contribution in [0.5, 0.6) is 0 Å². The van der Waals surface area contributed by atoms with Gasteiger partial charge in [-0.2, -0.15) is 0 Å². The van der Waals surface area contributed by atoms with Crippen LogP contribution in [0.15, 0.2) is 72.9 Å². The second-order valence-corrected chi connectivity index (χ2v) is 10.3. The molecule has 0 spiro atoms. The van der Waals surface area contributed by atoms with Crippen molar-refractivity contribution in [2.75, 3.05) is 0 Å². The maximum atomic E-state index is 13.2. The van der Waals surface area contributed by atoms with Gasteiger partial charge in [-0.3, -0.25) is 30.0 Å². The summed E-state index contributed by atoms with van der Waals surface area (Å²) in [7, 11) is 0. The number of pyridine rings is 1. The molecule has 1 N–H and O–H groups in total. The fourth-order valence-electron chi connectivity index (χ4n) is 5.55. The molecular weight excluding hydrogens is 496 g/mol. The second kappa shape index (κ2) is 13.6. The summed E-state index contributed by atoms with van der Waals surface area (Å²) in [6, 6.07) is 18.6. The van der Waals surface area contributed by atoms with E-state index >= 15 is 0 Å². The van der Waals surface area contributed by atoms with Crippen molar-refractivity contribution < 1.29 is 14.6 Å². The summed E-state index contributed by atoms with van der Waals surface area (Å²) in [5.74, 6) is 0.00569. The molecule has 0 radical (unpaired) electrons. The van der Waals surface area contributed by atoms with Crippen molar-refractivity contribution in [1.29, 1.82) is 0 Å². The molecule has 4 rings (SSSR count). The van der Waals surface area contributed by atoms with Gasteiger partial charge in [0.1, 0.15) is 5.69 Å². The molecule has 2 atom stereocenters. The third-order valence-electron chi connectivity index (χ3n) is 7.63. The van der Waals surface area contributed by atoms with Crippen LogP contribution in [0.25, 0.3) is 0 Å². The van der Waals surface area contributed by atoms with Crippen molar-refractivity contribution in [2.24, 2.45) is 0 Å². The van der Waals surface area contributed by atoms with E-state index in [1.807, 2.05) is 24.3 Å². The van der Waals surface area contributed by atoms with Gasteiger partial charge in [0.05, 0.1) is 9.85 Å². The highest BCUT2D eigenvalue weighted by molar-refractivity contribution is 5.92. The molecule has 3 aromatic rings. The Labute approximate surface area is 228 Å². The smallest absolute Gasteiger partial charge is 0.270 e. The Kier molecular flexibility index (Phi) is 9.72. The van der Waals surface area contributed by atoms with E-state index in [1.165, 1.54) is 0 Å². The summed E-state index contributed by atoms with van der Waals surface area (Å²) < 4.78 is 0. The molecule has 1 heterocycles. The van der Waals surface area contributed by atoms with E-state index in [1.54, 1.807) is 48.7 Å². The second-order valence-electron chi connectivity index (χ2n) is 10.3. The van der Waals surface area contributed by atoms with Crippen molar-refractivity contribution in [1.82, 2.24) is 10.3 Å². The third-order valence-corrected chi connectivity index (χ3v) is 7.63. The van der Waals surface area contributed by atoms with E-state index in [2.05, 4.69) is 10.3 Å². The summed E-state index contributed by atoms with van der Waals surface area (Å²) in [5, 5.41) is 25.6. The quantitative estimate of drug-likeness (QED) is 0.268. The van der Waals surface area contributed by atoms with Gasteiger partial charge in [-0.1, -0.05) is 62.4 Å². The Morgan fingerprint density at radius 3 is 1.64 bits per heavy atom. The van der Waals surface area contributed by atoms with E-state index in [0.717, 1.165) is 56.1 Å². The lowest BCUT2D eigenvalue weighted by Crippen LogP contribution is -2.37. The standard InChI is InChI=1S/C30H34N4O5/c35-30(29-10-6-7-19-31-29)32-26-20-24(22-11-15-27(16-12-22)33(36)37)8-4-2-1-3-5-9-25(21-26)23-13-17-28(18-14-23)34(38)39/h6-7,10-19,24-26H,1-5,8-9,20-21H2,(H,32,35). The van der Waals surface area contributed by atoms with Crippen molar-refractivity contribution in [3.8, 4) is 0 Å². The summed E-state index contributed by atoms with van der Waals surface area (Å²) in [4.78, 5) is 39.0. The Balaban J connectivity index is 1.64. The molecule has 1 aliphatic carbocycles. The van der Waals surface area contributed by atoms with Crippen LogP contribution >= 0.6 is 0 Å². The molecule has 1 amide bonds. The topological polar surface area (TPSA) is 128 Å². The Bertz CT molecular complexity index is 1180. The average Bonchev–Trinajstić information content (AvgIpc) is 2.94. The zero-order valence-corrected chi connectivity index (χ0v) is 21.9. The third kappa shape index (κ3) is 7.92. The molecule has 9 nitrogen and oxygen atoms in total. The molecule has 1 aliphatic rings. The van der Waals surface area contributed by atoms with Gasteiger partial charge in [-0.05, 0) is 60.8 Å². The lowest BCUT2D eigenvalue weighted by atomic mass is 9.81. The van der Waals surface area contributed by atoms with E-state index in [0.29, 0.717) is 18.5 Å². The number of nitro benzene ring substituents is 2. The predicted molar refractivity (Wildman–Crippen MR) is 149 cm³/mol. The van der Waals surface area contributed by atoms with Gasteiger partial charge in [-0.15, -0.1) is 0 Å². The fourth-order valence-corrected chi connectivity index (χ4v) is 5.55. The number of nitro groups is 2. The normalized spacial score (nSPS) is 20.7. The average molecular weight is 531 g/mol. The molecule has 204 valence electrons. The Hall–Kier alpha value is -4.14. The lowest BCUT2D eigenvalue weighted by molar-refractivity contribution is -0.385. The largest absolute Gasteiger partial charge is 0.348 e. The van der Waals surface area contributed by atoms with Gasteiger partial charge in [0.25, 0.3) is 17.3 Å². The van der Waals surface area contributed by atoms with Gasteiger partial charge < -0.3 is 5.32 Å². The van der Waals surface area contributed by atoms with Crippen molar-refractivity contribution in [2.45, 2.75) is 75.7 Å². The molecule has 2 unspecified atom stereocenters. The van der Waals surface area contributed by atoms with Crippen LogP contribution in [-0.4, -0.2) is 26.8 Å². The lowest BCUT2D eigenvalue weighted by Gasteiger charge is -2.29. The molecule has 1 aromatic heterocycles. The first-order valence-corrected chi connectivity index (χ1v) is 13.6. The monoisotopic (exact) mass is 530 g/mol. The first kappa shape index (κ1) is 27.9. The van der Waals surface area contributed by atoms with Crippen LogP contribution in [-0.2, 0) is 0 Å². The minimum Gasteiger partial charge on any atom is -0.348 e. The van der Waals surface area contributed by atoms with Crippen LogP contribution in [0.2, 0.25) is 0 Å². The van der Waals surface area contributed by atoms with Crippen molar-refractivity contribution in [3.63, 3.8) is 0 Å². The molecule has 1 fully saturated rings. The van der Waals surface area contributed by atoms with Gasteiger partial charge >= 0.3 is 0 Å². The first-order chi connectivity index (χ1) is 18.9. The minimum absolute atomic E-state index is 0.0603. The number of carbonyl (C=O) groups is 1. The van der Waals surface area contributed by atoms with Crippen LogP contribution in [0.4, 0.5) is 11.4 Å². The van der Waals surface area contributed by atoms with E-state index < -0.39 is 9.85 Å². The molecule has 9 heteroatoms. The van der Waals surface area contributed by atoms with Crippen LogP contribution in [0.3, 0.4) is 0 Å². The highest BCUT2D eigenvalue weighted by Gasteiger charge is 2.26. The first-order valence-electron chi connectivity index (χ1n) is 13.6.